The third-order valence-electron chi connectivity index (χ3n) is 4.11. The van der Waals surface area contributed by atoms with Crippen LogP contribution in [0.4, 0.5) is 4.39 Å². The number of sulfonamides is 1. The van der Waals surface area contributed by atoms with Crippen LogP contribution in [-0.4, -0.2) is 55.7 Å². The minimum absolute atomic E-state index is 0.190. The molecular formula is C18H15FN2O6S. The lowest BCUT2D eigenvalue weighted by Gasteiger charge is -2.18. The van der Waals surface area contributed by atoms with E-state index in [0.29, 0.717) is 0 Å². The Hall–Kier alpha value is -3.11. The molecule has 10 heteroatoms. The number of hydrogen-bond acceptors (Lipinski definition) is 6. The molecule has 1 aliphatic heterocycles. The third kappa shape index (κ3) is 3.64. The fraction of sp³-hybridized carbons (Fsp3) is 0.167. The second-order valence-electron chi connectivity index (χ2n) is 5.94. The Labute approximate surface area is 160 Å². The number of amides is 2. The number of nitrogens with zero attached hydrogens (tertiary/aromatic N) is 2. The largest absolute Gasteiger partial charge is 0.443 e. The summed E-state index contributed by atoms with van der Waals surface area (Å²) in [4.78, 5) is 36.9. The van der Waals surface area contributed by atoms with E-state index in [4.69, 9.17) is 4.74 Å². The molecular weight excluding hydrogens is 391 g/mol. The number of carbonyl (C=O) groups excluding carboxylic acids is 3. The molecule has 0 N–H and O–H groups in total. The number of carbonyl (C=O) groups is 3. The Bertz CT molecular complexity index is 1020. The van der Waals surface area contributed by atoms with E-state index in [1.165, 1.54) is 12.1 Å². The monoisotopic (exact) mass is 406 g/mol. The second kappa shape index (κ2) is 7.49. The van der Waals surface area contributed by atoms with E-state index < -0.39 is 46.9 Å². The average Bonchev–Trinajstić information content (AvgIpc) is 2.91. The number of hydrogen-bond donors (Lipinski definition) is 0. The molecule has 0 aliphatic carbocycles. The minimum Gasteiger partial charge on any atom is -0.443 e. The molecule has 0 saturated heterocycles. The van der Waals surface area contributed by atoms with Gasteiger partial charge in [0.15, 0.2) is 6.73 Å². The highest BCUT2D eigenvalue weighted by molar-refractivity contribution is 7.89. The molecule has 2 aromatic carbocycles. The molecule has 146 valence electrons. The van der Waals surface area contributed by atoms with Crippen LogP contribution in [0.5, 0.6) is 0 Å². The molecule has 2 amide bonds. The van der Waals surface area contributed by atoms with E-state index in [9.17, 15) is 27.2 Å². The van der Waals surface area contributed by atoms with Crippen LogP contribution in [0.1, 0.15) is 20.7 Å². The topological polar surface area (TPSA) is 101 Å². The lowest BCUT2D eigenvalue weighted by molar-refractivity contribution is -0.146. The zero-order chi connectivity index (χ0) is 20.5. The molecule has 1 heterocycles. The van der Waals surface area contributed by atoms with Gasteiger partial charge in [-0.25, -0.2) is 17.7 Å². The lowest BCUT2D eigenvalue weighted by Crippen LogP contribution is -2.37. The highest BCUT2D eigenvalue weighted by Gasteiger charge is 2.36. The second-order valence-corrected chi connectivity index (χ2v) is 7.99. The highest BCUT2D eigenvalue weighted by Crippen LogP contribution is 2.22. The van der Waals surface area contributed by atoms with Crippen LogP contribution in [0.25, 0.3) is 0 Å². The Balaban J connectivity index is 1.61. The predicted molar refractivity (Wildman–Crippen MR) is 94.1 cm³/mol. The minimum atomic E-state index is -4.04. The number of likely N-dealkylation sites (N-methyl/N-ethyl adjacent to an activating group) is 1. The van der Waals surface area contributed by atoms with Crippen molar-refractivity contribution in [2.45, 2.75) is 4.90 Å². The van der Waals surface area contributed by atoms with Crippen molar-refractivity contribution < 1.29 is 31.9 Å². The number of fused-ring (bicyclic) bond motifs is 1. The summed E-state index contributed by atoms with van der Waals surface area (Å²) in [6, 6.07) is 10.3. The van der Waals surface area contributed by atoms with E-state index in [0.717, 1.165) is 40.5 Å². The van der Waals surface area contributed by atoms with Gasteiger partial charge in [-0.3, -0.25) is 14.4 Å². The Morgan fingerprint density at radius 1 is 1.04 bits per heavy atom. The smallest absolute Gasteiger partial charge is 0.323 e. The van der Waals surface area contributed by atoms with Gasteiger partial charge in [0.1, 0.15) is 12.4 Å². The predicted octanol–water partition coefficient (Wildman–Crippen LogP) is 1.24. The van der Waals surface area contributed by atoms with Crippen LogP contribution in [-0.2, 0) is 19.6 Å². The van der Waals surface area contributed by atoms with E-state index in [1.807, 2.05) is 0 Å². The molecule has 8 nitrogen and oxygen atoms in total. The zero-order valence-corrected chi connectivity index (χ0v) is 15.5. The molecule has 0 atom stereocenters. The van der Waals surface area contributed by atoms with E-state index in [-0.39, 0.29) is 16.0 Å². The van der Waals surface area contributed by atoms with E-state index in [2.05, 4.69) is 0 Å². The quantitative estimate of drug-likeness (QED) is 0.529. The summed E-state index contributed by atoms with van der Waals surface area (Å²) in [5.41, 5.74) is 0.416. The first-order valence-corrected chi connectivity index (χ1v) is 9.48. The molecule has 3 rings (SSSR count). The highest BCUT2D eigenvalue weighted by atomic mass is 32.2. The van der Waals surface area contributed by atoms with Crippen LogP contribution in [0, 0.1) is 5.82 Å². The van der Waals surface area contributed by atoms with Gasteiger partial charge in [-0.1, -0.05) is 12.1 Å². The van der Waals surface area contributed by atoms with E-state index in [1.54, 1.807) is 12.1 Å². The van der Waals surface area contributed by atoms with E-state index >= 15 is 0 Å². The number of halogens is 1. The van der Waals surface area contributed by atoms with Gasteiger partial charge < -0.3 is 4.74 Å². The summed E-state index contributed by atoms with van der Waals surface area (Å²) in [5, 5.41) is 0. The van der Waals surface area contributed by atoms with Crippen molar-refractivity contribution in [1.29, 1.82) is 0 Å². The van der Waals surface area contributed by atoms with Crippen molar-refractivity contribution in [3.8, 4) is 0 Å². The Morgan fingerprint density at radius 3 is 2.11 bits per heavy atom. The van der Waals surface area contributed by atoms with Crippen LogP contribution >= 0.6 is 0 Å². The summed E-state index contributed by atoms with van der Waals surface area (Å²) < 4.78 is 43.3. The molecule has 0 saturated carbocycles. The molecule has 0 fully saturated rings. The zero-order valence-electron chi connectivity index (χ0n) is 14.7. The molecule has 28 heavy (non-hydrogen) atoms. The van der Waals surface area contributed by atoms with Crippen molar-refractivity contribution >= 4 is 27.8 Å². The summed E-state index contributed by atoms with van der Waals surface area (Å²) in [7, 11) is -2.88. The first-order chi connectivity index (χ1) is 13.2. The molecule has 0 spiro atoms. The van der Waals surface area contributed by atoms with Crippen molar-refractivity contribution in [2.24, 2.45) is 0 Å². The first-order valence-electron chi connectivity index (χ1n) is 8.04. The van der Waals surface area contributed by atoms with Crippen LogP contribution in [0.2, 0.25) is 0 Å². The normalized spacial score (nSPS) is 13.8. The Kier molecular flexibility index (Phi) is 5.25. The maximum absolute atomic E-state index is 13.0. The maximum Gasteiger partial charge on any atom is 0.323 e. The fourth-order valence-corrected chi connectivity index (χ4v) is 3.71. The van der Waals surface area contributed by atoms with Gasteiger partial charge in [-0.05, 0) is 36.4 Å². The lowest BCUT2D eigenvalue weighted by atomic mass is 10.1. The van der Waals surface area contributed by atoms with Crippen molar-refractivity contribution in [1.82, 2.24) is 9.21 Å². The average molecular weight is 406 g/mol. The van der Waals surface area contributed by atoms with Gasteiger partial charge in [0, 0.05) is 7.05 Å². The molecule has 0 radical (unpaired) electrons. The SMILES string of the molecule is CN(CC(=O)OCN1C(=O)c2ccccc2C1=O)S(=O)(=O)c1ccc(F)cc1. The van der Waals surface area contributed by atoms with Gasteiger partial charge >= 0.3 is 5.97 Å². The molecule has 0 bridgehead atoms. The summed E-state index contributed by atoms with van der Waals surface area (Å²) in [6.07, 6.45) is 0. The standard InChI is InChI=1S/C18H15FN2O6S/c1-20(28(25,26)13-8-6-12(19)7-9-13)10-16(22)27-11-21-17(23)14-4-2-3-5-15(14)18(21)24/h2-9H,10-11H2,1H3. The van der Waals surface area contributed by atoms with Gasteiger partial charge in [0.05, 0.1) is 16.0 Å². The fourth-order valence-electron chi connectivity index (χ4n) is 2.59. The number of ether oxygens (including phenoxy) is 1. The van der Waals surface area contributed by atoms with Crippen LogP contribution in [0.3, 0.4) is 0 Å². The van der Waals surface area contributed by atoms with Crippen molar-refractivity contribution in [3.63, 3.8) is 0 Å². The van der Waals surface area contributed by atoms with Gasteiger partial charge in [0.2, 0.25) is 10.0 Å². The summed E-state index contributed by atoms with van der Waals surface area (Å²) in [6.45, 7) is -1.28. The van der Waals surface area contributed by atoms with Crippen molar-refractivity contribution in [3.05, 3.63) is 65.5 Å². The molecule has 1 aliphatic rings. The molecule has 2 aromatic rings. The van der Waals surface area contributed by atoms with Gasteiger partial charge in [-0.2, -0.15) is 4.31 Å². The van der Waals surface area contributed by atoms with Crippen molar-refractivity contribution in [2.75, 3.05) is 20.3 Å². The number of esters is 1. The maximum atomic E-state index is 13.0. The number of rotatable bonds is 6. The molecule has 0 unspecified atom stereocenters. The summed E-state index contributed by atoms with van der Waals surface area (Å²) >= 11 is 0. The van der Waals surface area contributed by atoms with Crippen LogP contribution in [0.15, 0.2) is 53.4 Å². The first kappa shape index (κ1) is 19.6. The third-order valence-corrected chi connectivity index (χ3v) is 5.92. The van der Waals surface area contributed by atoms with Crippen LogP contribution < -0.4 is 0 Å². The van der Waals surface area contributed by atoms with Gasteiger partial charge in [0.25, 0.3) is 11.8 Å². The number of benzene rings is 2. The molecule has 0 aromatic heterocycles. The summed E-state index contributed by atoms with van der Waals surface area (Å²) in [5.74, 6) is -2.74. The number of imide groups is 1. The Morgan fingerprint density at radius 2 is 1.57 bits per heavy atom. The van der Waals surface area contributed by atoms with Gasteiger partial charge in [-0.15, -0.1) is 0 Å².